The molecule has 25 heavy (non-hydrogen) atoms. The molecule has 2 rings (SSSR count). The van der Waals surface area contributed by atoms with Crippen LogP contribution in [0.3, 0.4) is 0 Å². The van der Waals surface area contributed by atoms with Crippen LogP contribution < -0.4 is 0 Å². The third-order valence-electron chi connectivity index (χ3n) is 4.04. The summed E-state index contributed by atoms with van der Waals surface area (Å²) in [6.45, 7) is 3.12. The molecule has 0 unspecified atom stereocenters. The lowest BCUT2D eigenvalue weighted by atomic mass is 9.96. The summed E-state index contributed by atoms with van der Waals surface area (Å²) in [4.78, 5) is 26.0. The highest BCUT2D eigenvalue weighted by atomic mass is 32.2. The van der Waals surface area contributed by atoms with E-state index < -0.39 is 10.1 Å². The van der Waals surface area contributed by atoms with Gasteiger partial charge in [-0.2, -0.15) is 8.42 Å². The Morgan fingerprint density at radius 3 is 2.28 bits per heavy atom. The van der Waals surface area contributed by atoms with Crippen LogP contribution in [-0.2, 0) is 30.4 Å². The number of benzene rings is 1. The molecule has 0 N–H and O–H groups in total. The molecular weight excluding hydrogens is 346 g/mol. The molecule has 7 nitrogen and oxygen atoms in total. The third-order valence-corrected chi connectivity index (χ3v) is 4.59. The highest BCUT2D eigenvalue weighted by Gasteiger charge is 2.28. The number of ether oxygens (including phenoxy) is 1. The van der Waals surface area contributed by atoms with Gasteiger partial charge in [0.2, 0.25) is 0 Å². The largest absolute Gasteiger partial charge is 0.466 e. The zero-order chi connectivity index (χ0) is 18.4. The van der Waals surface area contributed by atoms with Gasteiger partial charge in [-0.05, 0) is 37.5 Å². The maximum atomic E-state index is 12.5. The topological polar surface area (TPSA) is 90.0 Å². The van der Waals surface area contributed by atoms with Gasteiger partial charge in [0.25, 0.3) is 16.0 Å². The monoisotopic (exact) mass is 369 g/mol. The number of hydrogen-bond donors (Lipinski definition) is 0. The van der Waals surface area contributed by atoms with Crippen LogP contribution in [0.2, 0.25) is 0 Å². The summed E-state index contributed by atoms with van der Waals surface area (Å²) in [5.74, 6) is -0.428. The van der Waals surface area contributed by atoms with Crippen LogP contribution in [-0.4, -0.2) is 51.1 Å². The van der Waals surface area contributed by atoms with Gasteiger partial charge >= 0.3 is 5.97 Å². The summed E-state index contributed by atoms with van der Waals surface area (Å²) in [5.41, 5.74) is 1.20. The zero-order valence-corrected chi connectivity index (χ0v) is 15.3. The standard InChI is InChI=1S/C17H23NO6S/c1-3-23-17(20)15-8-10-18(11-9-15)16(19)14-6-4-13(5-7-14)12-24-25(2,21)22/h4-7,15H,3,8-12H2,1-2H3. The number of rotatable bonds is 6. The molecule has 1 aromatic carbocycles. The molecule has 0 aliphatic carbocycles. The van der Waals surface area contributed by atoms with Gasteiger partial charge in [-0.1, -0.05) is 12.1 Å². The number of piperidine rings is 1. The van der Waals surface area contributed by atoms with E-state index in [1.54, 1.807) is 36.1 Å². The Balaban J connectivity index is 1.90. The lowest BCUT2D eigenvalue weighted by molar-refractivity contribution is -0.149. The van der Waals surface area contributed by atoms with Crippen LogP contribution in [0.5, 0.6) is 0 Å². The highest BCUT2D eigenvalue weighted by molar-refractivity contribution is 7.85. The lowest BCUT2D eigenvalue weighted by Gasteiger charge is -2.31. The first-order valence-corrected chi connectivity index (χ1v) is 10.0. The molecule has 1 aliphatic rings. The Bertz CT molecular complexity index is 705. The summed E-state index contributed by atoms with van der Waals surface area (Å²) in [5, 5.41) is 0. The number of likely N-dealkylation sites (tertiary alicyclic amines) is 1. The van der Waals surface area contributed by atoms with Crippen molar-refractivity contribution in [1.29, 1.82) is 0 Å². The summed E-state index contributed by atoms with van der Waals surface area (Å²) < 4.78 is 31.7. The van der Waals surface area contributed by atoms with Gasteiger partial charge in [0.1, 0.15) is 0 Å². The molecule has 1 aromatic rings. The Kier molecular flexibility index (Phi) is 6.55. The first-order valence-electron chi connectivity index (χ1n) is 8.19. The van der Waals surface area contributed by atoms with Crippen molar-refractivity contribution >= 4 is 22.0 Å². The minimum absolute atomic E-state index is 0.0573. The molecule has 0 aromatic heterocycles. The van der Waals surface area contributed by atoms with Crippen LogP contribution in [0.1, 0.15) is 35.7 Å². The molecule has 138 valence electrons. The smallest absolute Gasteiger partial charge is 0.309 e. The Labute approximate surface area is 148 Å². The quantitative estimate of drug-likeness (QED) is 0.559. The van der Waals surface area contributed by atoms with Gasteiger partial charge in [0.15, 0.2) is 0 Å². The second-order valence-electron chi connectivity index (χ2n) is 5.98. The number of amides is 1. The van der Waals surface area contributed by atoms with E-state index in [1.807, 2.05) is 0 Å². The van der Waals surface area contributed by atoms with Crippen molar-refractivity contribution in [3.8, 4) is 0 Å². The molecule has 1 amide bonds. The Hall–Kier alpha value is -1.93. The van der Waals surface area contributed by atoms with Crippen molar-refractivity contribution in [3.05, 3.63) is 35.4 Å². The number of hydrogen-bond acceptors (Lipinski definition) is 6. The van der Waals surface area contributed by atoms with Crippen molar-refractivity contribution in [3.63, 3.8) is 0 Å². The van der Waals surface area contributed by atoms with Crippen LogP contribution >= 0.6 is 0 Å². The minimum Gasteiger partial charge on any atom is -0.466 e. The minimum atomic E-state index is -3.50. The SMILES string of the molecule is CCOC(=O)C1CCN(C(=O)c2ccc(COS(C)(=O)=O)cc2)CC1. The molecule has 1 heterocycles. The molecule has 0 bridgehead atoms. The van der Waals surface area contributed by atoms with E-state index in [4.69, 9.17) is 8.92 Å². The van der Waals surface area contributed by atoms with E-state index in [2.05, 4.69) is 0 Å². The number of esters is 1. The fourth-order valence-corrected chi connectivity index (χ4v) is 3.03. The Morgan fingerprint density at radius 1 is 1.16 bits per heavy atom. The number of nitrogens with zero attached hydrogens (tertiary/aromatic N) is 1. The van der Waals surface area contributed by atoms with Crippen molar-refractivity contribution < 1.29 is 26.9 Å². The third kappa shape index (κ3) is 5.82. The fourth-order valence-electron chi connectivity index (χ4n) is 2.68. The van der Waals surface area contributed by atoms with Gasteiger partial charge in [-0.15, -0.1) is 0 Å². The molecule has 1 aliphatic heterocycles. The molecule has 0 atom stereocenters. The fraction of sp³-hybridized carbons (Fsp3) is 0.529. The molecule has 1 fully saturated rings. The van der Waals surface area contributed by atoms with Crippen molar-refractivity contribution in [2.24, 2.45) is 5.92 Å². The molecular formula is C17H23NO6S. The van der Waals surface area contributed by atoms with Gasteiger partial charge in [-0.25, -0.2) is 0 Å². The zero-order valence-electron chi connectivity index (χ0n) is 14.4. The first kappa shape index (κ1) is 19.4. The maximum absolute atomic E-state index is 12.5. The summed E-state index contributed by atoms with van der Waals surface area (Å²) >= 11 is 0. The van der Waals surface area contributed by atoms with Crippen LogP contribution in [0.25, 0.3) is 0 Å². The van der Waals surface area contributed by atoms with E-state index in [0.29, 0.717) is 43.7 Å². The van der Waals surface area contributed by atoms with Gasteiger partial charge in [-0.3, -0.25) is 13.8 Å². The molecule has 0 spiro atoms. The molecule has 8 heteroatoms. The predicted molar refractivity (Wildman–Crippen MR) is 91.3 cm³/mol. The maximum Gasteiger partial charge on any atom is 0.309 e. The van der Waals surface area contributed by atoms with Crippen LogP contribution in [0, 0.1) is 5.92 Å². The van der Waals surface area contributed by atoms with Gasteiger partial charge in [0.05, 0.1) is 25.4 Å². The van der Waals surface area contributed by atoms with Crippen molar-refractivity contribution in [2.45, 2.75) is 26.4 Å². The summed E-state index contributed by atoms with van der Waals surface area (Å²) in [6, 6.07) is 6.65. The normalized spacial score (nSPS) is 15.8. The van der Waals surface area contributed by atoms with Gasteiger partial charge in [0, 0.05) is 18.7 Å². The van der Waals surface area contributed by atoms with Crippen molar-refractivity contribution in [2.75, 3.05) is 26.0 Å². The highest BCUT2D eigenvalue weighted by Crippen LogP contribution is 2.20. The number of carbonyl (C=O) groups is 2. The van der Waals surface area contributed by atoms with E-state index in [1.165, 1.54) is 0 Å². The summed E-state index contributed by atoms with van der Waals surface area (Å²) in [6.07, 6.45) is 2.19. The van der Waals surface area contributed by atoms with Crippen LogP contribution in [0.4, 0.5) is 0 Å². The average Bonchev–Trinajstić information content (AvgIpc) is 2.59. The van der Waals surface area contributed by atoms with Crippen molar-refractivity contribution in [1.82, 2.24) is 4.90 Å². The average molecular weight is 369 g/mol. The second-order valence-corrected chi connectivity index (χ2v) is 7.63. The van der Waals surface area contributed by atoms with E-state index in [0.717, 1.165) is 6.26 Å². The van der Waals surface area contributed by atoms with E-state index in [-0.39, 0.29) is 24.4 Å². The lowest BCUT2D eigenvalue weighted by Crippen LogP contribution is -2.40. The second kappa shape index (κ2) is 8.44. The molecule has 1 saturated heterocycles. The first-order chi connectivity index (χ1) is 11.8. The van der Waals surface area contributed by atoms with Crippen LogP contribution in [0.15, 0.2) is 24.3 Å². The number of carbonyl (C=O) groups excluding carboxylic acids is 2. The summed E-state index contributed by atoms with van der Waals surface area (Å²) in [7, 11) is -3.50. The van der Waals surface area contributed by atoms with E-state index in [9.17, 15) is 18.0 Å². The molecule has 0 radical (unpaired) electrons. The predicted octanol–water partition coefficient (Wildman–Crippen LogP) is 1.58. The van der Waals surface area contributed by atoms with Gasteiger partial charge < -0.3 is 9.64 Å². The molecule has 0 saturated carbocycles. The van der Waals surface area contributed by atoms with E-state index >= 15 is 0 Å². The Morgan fingerprint density at radius 2 is 1.76 bits per heavy atom.